The van der Waals surface area contributed by atoms with Crippen LogP contribution in [0.4, 0.5) is 5.69 Å². The average molecular weight is 236 g/mol. The Morgan fingerprint density at radius 2 is 2.06 bits per heavy atom. The van der Waals surface area contributed by atoms with Gasteiger partial charge in [-0.3, -0.25) is 4.79 Å². The molecule has 4 nitrogen and oxygen atoms in total. The van der Waals surface area contributed by atoms with Crippen LogP contribution >= 0.6 is 0 Å². The maximum Gasteiger partial charge on any atom is 0.253 e. The van der Waals surface area contributed by atoms with Crippen LogP contribution in [0.5, 0.6) is 0 Å². The SMILES string of the molecule is CCC(N)COC(C)C(=O)Nc1ccccc1. The summed E-state index contributed by atoms with van der Waals surface area (Å²) in [5.41, 5.74) is 6.49. The zero-order chi connectivity index (χ0) is 12.7. The van der Waals surface area contributed by atoms with E-state index in [1.54, 1.807) is 6.92 Å². The van der Waals surface area contributed by atoms with Gasteiger partial charge in [0.2, 0.25) is 0 Å². The fourth-order valence-corrected chi connectivity index (χ4v) is 1.23. The molecule has 2 atom stereocenters. The summed E-state index contributed by atoms with van der Waals surface area (Å²) in [5.74, 6) is -0.153. The Hall–Kier alpha value is -1.39. The average Bonchev–Trinajstić information content (AvgIpc) is 2.36. The highest BCUT2D eigenvalue weighted by Gasteiger charge is 2.14. The minimum atomic E-state index is -0.493. The van der Waals surface area contributed by atoms with Crippen molar-refractivity contribution >= 4 is 11.6 Å². The van der Waals surface area contributed by atoms with Gasteiger partial charge in [-0.25, -0.2) is 0 Å². The van der Waals surface area contributed by atoms with Gasteiger partial charge in [-0.1, -0.05) is 25.1 Å². The van der Waals surface area contributed by atoms with E-state index in [1.165, 1.54) is 0 Å². The second-order valence-electron chi connectivity index (χ2n) is 4.00. The van der Waals surface area contributed by atoms with E-state index in [4.69, 9.17) is 10.5 Å². The molecule has 0 saturated carbocycles. The van der Waals surface area contributed by atoms with Crippen LogP contribution in [0.15, 0.2) is 30.3 Å². The number of carbonyl (C=O) groups excluding carboxylic acids is 1. The second-order valence-corrected chi connectivity index (χ2v) is 4.00. The molecule has 1 rings (SSSR count). The summed E-state index contributed by atoms with van der Waals surface area (Å²) in [7, 11) is 0. The molecule has 0 spiro atoms. The predicted octanol–water partition coefficient (Wildman–Crippen LogP) is 1.77. The molecule has 1 aromatic rings. The first kappa shape index (κ1) is 13.7. The van der Waals surface area contributed by atoms with E-state index in [0.717, 1.165) is 12.1 Å². The van der Waals surface area contributed by atoms with Crippen LogP contribution in [0.25, 0.3) is 0 Å². The molecule has 0 aromatic heterocycles. The Kier molecular flexibility index (Phi) is 5.66. The van der Waals surface area contributed by atoms with Crippen molar-refractivity contribution in [3.8, 4) is 0 Å². The molecule has 0 fully saturated rings. The lowest BCUT2D eigenvalue weighted by Crippen LogP contribution is -2.33. The lowest BCUT2D eigenvalue weighted by Gasteiger charge is -2.15. The van der Waals surface area contributed by atoms with E-state index < -0.39 is 6.10 Å². The number of rotatable bonds is 6. The number of hydrogen-bond acceptors (Lipinski definition) is 3. The lowest BCUT2D eigenvalue weighted by atomic mass is 10.2. The molecule has 0 aliphatic carbocycles. The minimum Gasteiger partial charge on any atom is -0.367 e. The molecule has 2 unspecified atom stereocenters. The largest absolute Gasteiger partial charge is 0.367 e. The zero-order valence-corrected chi connectivity index (χ0v) is 10.3. The van der Waals surface area contributed by atoms with Crippen LogP contribution in [0, 0.1) is 0 Å². The summed E-state index contributed by atoms with van der Waals surface area (Å²) in [6.45, 7) is 4.11. The number of nitrogens with one attached hydrogen (secondary N) is 1. The van der Waals surface area contributed by atoms with Gasteiger partial charge in [0.25, 0.3) is 5.91 Å². The summed E-state index contributed by atoms with van der Waals surface area (Å²) in [6, 6.07) is 9.30. The number of anilines is 1. The molecule has 3 N–H and O–H groups in total. The van der Waals surface area contributed by atoms with Gasteiger partial charge >= 0.3 is 0 Å². The standard InChI is InChI=1S/C13H20N2O2/c1-3-11(14)9-17-10(2)13(16)15-12-7-5-4-6-8-12/h4-8,10-11H,3,9,14H2,1-2H3,(H,15,16). The van der Waals surface area contributed by atoms with Crippen LogP contribution in [0.3, 0.4) is 0 Å². The summed E-state index contributed by atoms with van der Waals surface area (Å²) in [6.07, 6.45) is 0.348. The molecule has 0 saturated heterocycles. The highest BCUT2D eigenvalue weighted by molar-refractivity contribution is 5.93. The predicted molar refractivity (Wildman–Crippen MR) is 68.8 cm³/mol. The number of para-hydroxylation sites is 1. The summed E-state index contributed by atoms with van der Waals surface area (Å²) in [4.78, 5) is 11.7. The second kappa shape index (κ2) is 7.04. The van der Waals surface area contributed by atoms with E-state index >= 15 is 0 Å². The first-order valence-electron chi connectivity index (χ1n) is 5.86. The third kappa shape index (κ3) is 4.97. The number of ether oxygens (including phenoxy) is 1. The van der Waals surface area contributed by atoms with Gasteiger partial charge in [-0.05, 0) is 25.5 Å². The molecule has 4 heteroatoms. The lowest BCUT2D eigenvalue weighted by molar-refractivity contribution is -0.126. The van der Waals surface area contributed by atoms with Gasteiger partial charge in [-0.15, -0.1) is 0 Å². The maximum absolute atomic E-state index is 11.7. The van der Waals surface area contributed by atoms with E-state index in [2.05, 4.69) is 5.32 Å². The number of benzene rings is 1. The Morgan fingerprint density at radius 1 is 1.41 bits per heavy atom. The van der Waals surface area contributed by atoms with Crippen LogP contribution in [-0.4, -0.2) is 24.7 Å². The van der Waals surface area contributed by atoms with Crippen molar-refractivity contribution in [3.63, 3.8) is 0 Å². The van der Waals surface area contributed by atoms with Gasteiger partial charge < -0.3 is 15.8 Å². The molecule has 0 aliphatic rings. The monoisotopic (exact) mass is 236 g/mol. The fourth-order valence-electron chi connectivity index (χ4n) is 1.23. The van der Waals surface area contributed by atoms with Crippen LogP contribution in [0.2, 0.25) is 0 Å². The summed E-state index contributed by atoms with van der Waals surface area (Å²) in [5, 5.41) is 2.78. The number of hydrogen-bond donors (Lipinski definition) is 2. The van der Waals surface area contributed by atoms with Crippen molar-refractivity contribution in [1.82, 2.24) is 0 Å². The normalized spacial score (nSPS) is 14.1. The quantitative estimate of drug-likeness (QED) is 0.791. The topological polar surface area (TPSA) is 64.3 Å². The third-order valence-electron chi connectivity index (χ3n) is 2.50. The van der Waals surface area contributed by atoms with Crippen molar-refractivity contribution < 1.29 is 9.53 Å². The van der Waals surface area contributed by atoms with Crippen molar-refractivity contribution in [2.45, 2.75) is 32.4 Å². The third-order valence-corrected chi connectivity index (χ3v) is 2.50. The molecule has 0 radical (unpaired) electrons. The maximum atomic E-state index is 11.7. The molecule has 1 amide bonds. The summed E-state index contributed by atoms with van der Waals surface area (Å²) >= 11 is 0. The Bertz CT molecular complexity index is 341. The highest BCUT2D eigenvalue weighted by atomic mass is 16.5. The number of carbonyl (C=O) groups is 1. The van der Waals surface area contributed by atoms with Crippen molar-refractivity contribution in [1.29, 1.82) is 0 Å². The van der Waals surface area contributed by atoms with Gasteiger partial charge in [0.15, 0.2) is 0 Å². The van der Waals surface area contributed by atoms with Gasteiger partial charge in [0.05, 0.1) is 6.61 Å². The van der Waals surface area contributed by atoms with Crippen LogP contribution < -0.4 is 11.1 Å². The number of nitrogens with two attached hydrogens (primary N) is 1. The smallest absolute Gasteiger partial charge is 0.253 e. The van der Waals surface area contributed by atoms with E-state index in [1.807, 2.05) is 37.3 Å². The molecule has 94 valence electrons. The molecule has 17 heavy (non-hydrogen) atoms. The summed E-state index contributed by atoms with van der Waals surface area (Å²) < 4.78 is 5.39. The molecular weight excluding hydrogens is 216 g/mol. The first-order valence-corrected chi connectivity index (χ1v) is 5.86. The minimum absolute atomic E-state index is 0.0121. The van der Waals surface area contributed by atoms with Crippen LogP contribution in [0.1, 0.15) is 20.3 Å². The Labute approximate surface area is 102 Å². The Morgan fingerprint density at radius 3 is 2.65 bits per heavy atom. The van der Waals surface area contributed by atoms with Crippen molar-refractivity contribution in [2.75, 3.05) is 11.9 Å². The molecule has 0 bridgehead atoms. The molecule has 0 aliphatic heterocycles. The van der Waals surface area contributed by atoms with Gasteiger partial charge in [-0.2, -0.15) is 0 Å². The van der Waals surface area contributed by atoms with E-state index in [9.17, 15) is 4.79 Å². The Balaban J connectivity index is 2.37. The molecule has 0 heterocycles. The van der Waals surface area contributed by atoms with E-state index in [-0.39, 0.29) is 11.9 Å². The van der Waals surface area contributed by atoms with Crippen LogP contribution in [-0.2, 0) is 9.53 Å². The van der Waals surface area contributed by atoms with Gasteiger partial charge in [0, 0.05) is 11.7 Å². The number of amides is 1. The van der Waals surface area contributed by atoms with E-state index in [0.29, 0.717) is 6.61 Å². The van der Waals surface area contributed by atoms with Gasteiger partial charge in [0.1, 0.15) is 6.10 Å². The fraction of sp³-hybridized carbons (Fsp3) is 0.462. The first-order chi connectivity index (χ1) is 8.13. The van der Waals surface area contributed by atoms with Crippen molar-refractivity contribution in [3.05, 3.63) is 30.3 Å². The highest BCUT2D eigenvalue weighted by Crippen LogP contribution is 2.06. The molecule has 1 aromatic carbocycles. The molecular formula is C13H20N2O2. The van der Waals surface area contributed by atoms with Crippen molar-refractivity contribution in [2.24, 2.45) is 5.73 Å². The zero-order valence-electron chi connectivity index (χ0n) is 10.3.